The molecule has 39 heavy (non-hydrogen) atoms. The van der Waals surface area contributed by atoms with Crippen LogP contribution in [-0.2, 0) is 27.9 Å². The second kappa shape index (κ2) is 12.4. The van der Waals surface area contributed by atoms with Crippen LogP contribution in [0.4, 0.5) is 4.39 Å². The molecule has 1 fully saturated rings. The highest BCUT2D eigenvalue weighted by molar-refractivity contribution is 7.89. The molecule has 6 nitrogen and oxygen atoms in total. The van der Waals surface area contributed by atoms with E-state index in [0.717, 1.165) is 41.8 Å². The Kier molecular flexibility index (Phi) is 8.72. The average Bonchev–Trinajstić information content (AvgIpc) is 3.66. The van der Waals surface area contributed by atoms with Crippen LogP contribution in [0.15, 0.2) is 89.1 Å². The Morgan fingerprint density at radius 2 is 1.64 bits per heavy atom. The largest absolute Gasteiger partial charge is 0.332 e. The van der Waals surface area contributed by atoms with Crippen LogP contribution in [-0.4, -0.2) is 61.2 Å². The standard InChI is InChI=1S/C30H32FN3O3S2/c31-26-14-12-24(13-15-26)21-33(22-27-9-6-20-38-27)30(35)23-34(19-18-32-16-3-4-17-32)39(36,37)29-11-5-8-25-7-1-2-10-28(25)29/h1-2,5-15,20H,3-4,16-19,21-23H2. The van der Waals surface area contributed by atoms with Gasteiger partial charge in [0.25, 0.3) is 0 Å². The molecule has 9 heteroatoms. The quantitative estimate of drug-likeness (QED) is 0.246. The predicted molar refractivity (Wildman–Crippen MR) is 153 cm³/mol. The van der Waals surface area contributed by atoms with E-state index in [0.29, 0.717) is 18.5 Å². The van der Waals surface area contributed by atoms with Gasteiger partial charge >= 0.3 is 0 Å². The third kappa shape index (κ3) is 6.73. The molecule has 0 saturated carbocycles. The minimum atomic E-state index is -3.98. The topological polar surface area (TPSA) is 60.9 Å². The first kappa shape index (κ1) is 27.5. The smallest absolute Gasteiger partial charge is 0.244 e. The number of carbonyl (C=O) groups is 1. The first-order valence-electron chi connectivity index (χ1n) is 13.1. The summed E-state index contributed by atoms with van der Waals surface area (Å²) in [6, 6.07) is 22.6. The van der Waals surface area contributed by atoms with Gasteiger partial charge in [-0.3, -0.25) is 4.79 Å². The fourth-order valence-corrected chi connectivity index (χ4v) is 7.30. The van der Waals surface area contributed by atoms with E-state index in [1.54, 1.807) is 35.2 Å². The molecule has 0 bridgehead atoms. The number of halogens is 1. The van der Waals surface area contributed by atoms with E-state index >= 15 is 0 Å². The van der Waals surface area contributed by atoms with E-state index in [1.165, 1.54) is 27.8 Å². The highest BCUT2D eigenvalue weighted by Crippen LogP contribution is 2.26. The minimum absolute atomic E-state index is 0.207. The molecule has 1 aromatic heterocycles. The Morgan fingerprint density at radius 1 is 0.897 bits per heavy atom. The van der Waals surface area contributed by atoms with Crippen molar-refractivity contribution in [2.45, 2.75) is 30.8 Å². The Balaban J connectivity index is 1.44. The van der Waals surface area contributed by atoms with Crippen LogP contribution in [0.2, 0.25) is 0 Å². The lowest BCUT2D eigenvalue weighted by Gasteiger charge is -2.28. The second-order valence-corrected chi connectivity index (χ2v) is 12.8. The lowest BCUT2D eigenvalue weighted by atomic mass is 10.1. The van der Waals surface area contributed by atoms with E-state index in [2.05, 4.69) is 4.90 Å². The van der Waals surface area contributed by atoms with Crippen molar-refractivity contribution in [3.63, 3.8) is 0 Å². The van der Waals surface area contributed by atoms with E-state index in [-0.39, 0.29) is 36.3 Å². The Hall–Kier alpha value is -3.11. The van der Waals surface area contributed by atoms with Gasteiger partial charge in [0.1, 0.15) is 5.82 Å². The van der Waals surface area contributed by atoms with E-state index in [4.69, 9.17) is 0 Å². The number of benzene rings is 3. The normalized spacial score (nSPS) is 14.3. The first-order valence-corrected chi connectivity index (χ1v) is 15.5. The first-order chi connectivity index (χ1) is 18.9. The molecule has 1 saturated heterocycles. The third-order valence-corrected chi connectivity index (χ3v) is 9.87. The van der Waals surface area contributed by atoms with Gasteiger partial charge < -0.3 is 9.80 Å². The molecule has 0 atom stereocenters. The van der Waals surface area contributed by atoms with Crippen molar-refractivity contribution in [3.05, 3.63) is 101 Å². The maximum Gasteiger partial charge on any atom is 0.244 e. The SMILES string of the molecule is O=C(CN(CCN1CCCC1)S(=O)(=O)c1cccc2ccccc12)N(Cc1ccc(F)cc1)Cc1cccs1. The predicted octanol–water partition coefficient (Wildman–Crippen LogP) is 5.36. The number of likely N-dealkylation sites (tertiary alicyclic amines) is 1. The van der Waals surface area contributed by atoms with Gasteiger partial charge in [-0.25, -0.2) is 12.8 Å². The van der Waals surface area contributed by atoms with Gasteiger partial charge in [-0.2, -0.15) is 4.31 Å². The molecule has 5 rings (SSSR count). The molecular weight excluding hydrogens is 533 g/mol. The molecule has 0 radical (unpaired) electrons. The summed E-state index contributed by atoms with van der Waals surface area (Å²) < 4.78 is 43.1. The average molecular weight is 566 g/mol. The van der Waals surface area contributed by atoms with Gasteiger partial charge in [0, 0.05) is 29.9 Å². The van der Waals surface area contributed by atoms with Gasteiger partial charge in [-0.1, -0.05) is 54.6 Å². The van der Waals surface area contributed by atoms with Crippen molar-refractivity contribution in [2.75, 3.05) is 32.7 Å². The molecule has 1 amide bonds. The lowest BCUT2D eigenvalue weighted by molar-refractivity contribution is -0.132. The summed E-state index contributed by atoms with van der Waals surface area (Å²) in [4.78, 5) is 18.9. The van der Waals surface area contributed by atoms with Crippen LogP contribution >= 0.6 is 11.3 Å². The zero-order valence-electron chi connectivity index (χ0n) is 21.7. The van der Waals surface area contributed by atoms with Crippen molar-refractivity contribution in [2.24, 2.45) is 0 Å². The number of hydrogen-bond donors (Lipinski definition) is 0. The zero-order chi connectivity index (χ0) is 27.2. The maximum absolute atomic E-state index is 14.1. The molecule has 0 aliphatic carbocycles. The van der Waals surface area contributed by atoms with Crippen molar-refractivity contribution in [1.29, 1.82) is 0 Å². The number of hydrogen-bond acceptors (Lipinski definition) is 5. The van der Waals surface area contributed by atoms with Crippen LogP contribution in [0.3, 0.4) is 0 Å². The summed E-state index contributed by atoms with van der Waals surface area (Å²) in [5.41, 5.74) is 0.779. The molecular formula is C30H32FN3O3S2. The van der Waals surface area contributed by atoms with Gasteiger partial charge in [0.15, 0.2) is 0 Å². The van der Waals surface area contributed by atoms with Crippen molar-refractivity contribution in [1.82, 2.24) is 14.1 Å². The molecule has 0 N–H and O–H groups in total. The summed E-state index contributed by atoms with van der Waals surface area (Å²) in [7, 11) is -3.98. The third-order valence-electron chi connectivity index (χ3n) is 7.11. The molecule has 4 aromatic rings. The monoisotopic (exact) mass is 565 g/mol. The molecule has 3 aromatic carbocycles. The number of fused-ring (bicyclic) bond motifs is 1. The number of carbonyl (C=O) groups excluding carboxylic acids is 1. The molecule has 1 aliphatic rings. The molecule has 0 unspecified atom stereocenters. The fourth-order valence-electron chi connectivity index (χ4n) is 4.99. The van der Waals surface area contributed by atoms with E-state index < -0.39 is 10.0 Å². The van der Waals surface area contributed by atoms with Crippen LogP contribution < -0.4 is 0 Å². The summed E-state index contributed by atoms with van der Waals surface area (Å²) in [5, 5.41) is 3.42. The minimum Gasteiger partial charge on any atom is -0.332 e. The van der Waals surface area contributed by atoms with Crippen molar-refractivity contribution >= 4 is 38.0 Å². The molecule has 204 valence electrons. The van der Waals surface area contributed by atoms with Crippen LogP contribution in [0.1, 0.15) is 23.3 Å². The summed E-state index contributed by atoms with van der Waals surface area (Å²) in [5.74, 6) is -0.637. The summed E-state index contributed by atoms with van der Waals surface area (Å²) in [6.07, 6.45) is 2.20. The maximum atomic E-state index is 14.1. The van der Waals surface area contributed by atoms with Crippen molar-refractivity contribution < 1.29 is 17.6 Å². The highest BCUT2D eigenvalue weighted by Gasteiger charge is 2.30. The van der Waals surface area contributed by atoms with Crippen molar-refractivity contribution in [3.8, 4) is 0 Å². The van der Waals surface area contributed by atoms with Crippen LogP contribution in [0.25, 0.3) is 10.8 Å². The van der Waals surface area contributed by atoms with Gasteiger partial charge in [-0.15, -0.1) is 11.3 Å². The molecule has 2 heterocycles. The number of sulfonamides is 1. The Labute approximate surface area is 233 Å². The number of nitrogens with zero attached hydrogens (tertiary/aromatic N) is 3. The molecule has 0 spiro atoms. The van der Waals surface area contributed by atoms with Crippen LogP contribution in [0.5, 0.6) is 0 Å². The lowest BCUT2D eigenvalue weighted by Crippen LogP contribution is -2.45. The van der Waals surface area contributed by atoms with Crippen LogP contribution in [0, 0.1) is 5.82 Å². The fraction of sp³-hybridized carbons (Fsp3) is 0.300. The van der Waals surface area contributed by atoms with Gasteiger partial charge in [0.05, 0.1) is 18.0 Å². The zero-order valence-corrected chi connectivity index (χ0v) is 23.3. The van der Waals surface area contributed by atoms with E-state index in [9.17, 15) is 17.6 Å². The van der Waals surface area contributed by atoms with E-state index in [1.807, 2.05) is 41.8 Å². The number of rotatable bonds is 11. The second-order valence-electron chi connectivity index (χ2n) is 9.82. The Bertz CT molecular complexity index is 1500. The summed E-state index contributed by atoms with van der Waals surface area (Å²) in [6.45, 7) is 3.00. The van der Waals surface area contributed by atoms with Gasteiger partial charge in [-0.05, 0) is 66.5 Å². The highest BCUT2D eigenvalue weighted by atomic mass is 32.2. The number of amides is 1. The Morgan fingerprint density at radius 3 is 2.38 bits per heavy atom. The summed E-state index contributed by atoms with van der Waals surface area (Å²) >= 11 is 1.54. The number of thiophene rings is 1. The van der Waals surface area contributed by atoms with Gasteiger partial charge in [0.2, 0.25) is 15.9 Å². The molecule has 1 aliphatic heterocycles.